The second-order valence-electron chi connectivity index (χ2n) is 6.26. The highest BCUT2D eigenvalue weighted by molar-refractivity contribution is 5.32. The van der Waals surface area contributed by atoms with Crippen molar-refractivity contribution < 1.29 is 9.84 Å². The molecular formula is C17H26N2O2. The Morgan fingerprint density at radius 2 is 1.90 bits per heavy atom. The van der Waals surface area contributed by atoms with Gasteiger partial charge < -0.3 is 15.6 Å². The Morgan fingerprint density at radius 3 is 2.62 bits per heavy atom. The third kappa shape index (κ3) is 3.39. The maximum atomic E-state index is 9.82. The molecule has 0 spiro atoms. The molecule has 1 aromatic carbocycles. The molecule has 1 aromatic rings. The molecule has 4 nitrogen and oxygen atoms in total. The van der Waals surface area contributed by atoms with Crippen molar-refractivity contribution in [1.29, 1.82) is 0 Å². The number of nitrogens with zero attached hydrogens (tertiary/aromatic N) is 1. The normalized spacial score (nSPS) is 28.8. The minimum Gasteiger partial charge on any atom is -0.493 e. The Bertz CT molecular complexity index is 452. The fraction of sp³-hybridized carbons (Fsp3) is 0.647. The van der Waals surface area contributed by atoms with E-state index >= 15 is 0 Å². The van der Waals surface area contributed by atoms with Crippen LogP contribution in [-0.4, -0.2) is 41.3 Å². The van der Waals surface area contributed by atoms with Gasteiger partial charge in [-0.1, -0.05) is 18.2 Å². The number of ether oxygens (including phenoxy) is 1. The molecule has 0 saturated carbocycles. The van der Waals surface area contributed by atoms with Crippen molar-refractivity contribution in [1.82, 2.24) is 4.90 Å². The summed E-state index contributed by atoms with van der Waals surface area (Å²) in [6.07, 6.45) is 5.35. The average Bonchev–Trinajstić information content (AvgIpc) is 2.74. The van der Waals surface area contributed by atoms with E-state index < -0.39 is 0 Å². The number of benzene rings is 1. The van der Waals surface area contributed by atoms with E-state index in [1.165, 1.54) is 12.8 Å². The molecule has 2 aliphatic rings. The van der Waals surface area contributed by atoms with Crippen LogP contribution in [0.5, 0.6) is 5.75 Å². The number of piperidine rings is 1. The minimum absolute atomic E-state index is 0.0774. The zero-order valence-electron chi connectivity index (χ0n) is 12.6. The van der Waals surface area contributed by atoms with Gasteiger partial charge in [0.25, 0.3) is 0 Å². The number of para-hydroxylation sites is 1. The van der Waals surface area contributed by atoms with E-state index in [1.54, 1.807) is 0 Å². The molecular weight excluding hydrogens is 264 g/mol. The molecule has 2 fully saturated rings. The number of rotatable bonds is 6. The summed E-state index contributed by atoms with van der Waals surface area (Å²) < 4.78 is 5.88. The Balaban J connectivity index is 1.45. The van der Waals surface area contributed by atoms with Crippen LogP contribution in [0.1, 0.15) is 37.7 Å². The number of hydrogen-bond acceptors (Lipinski definition) is 4. The standard InChI is InChI=1S/C17H26N2O2/c18-12-13-4-1-2-5-17(13)21-9-3-8-19-14-6-7-15(19)11-16(20)10-14/h1-2,4-5,14-16,20H,3,6-12,18H2. The Kier molecular flexibility index (Phi) is 4.78. The molecule has 116 valence electrons. The van der Waals surface area contributed by atoms with E-state index in [0.29, 0.717) is 18.6 Å². The van der Waals surface area contributed by atoms with Crippen molar-refractivity contribution in [2.75, 3.05) is 13.2 Å². The number of aliphatic hydroxyl groups excluding tert-OH is 1. The van der Waals surface area contributed by atoms with Gasteiger partial charge in [-0.25, -0.2) is 0 Å². The summed E-state index contributed by atoms with van der Waals surface area (Å²) in [6, 6.07) is 9.17. The van der Waals surface area contributed by atoms with Crippen LogP contribution in [0.2, 0.25) is 0 Å². The maximum Gasteiger partial charge on any atom is 0.123 e. The number of fused-ring (bicyclic) bond motifs is 2. The van der Waals surface area contributed by atoms with Gasteiger partial charge in [0.1, 0.15) is 5.75 Å². The third-order valence-corrected chi connectivity index (χ3v) is 4.87. The van der Waals surface area contributed by atoms with Crippen molar-refractivity contribution in [3.05, 3.63) is 29.8 Å². The largest absolute Gasteiger partial charge is 0.493 e. The highest BCUT2D eigenvalue weighted by atomic mass is 16.5. The van der Waals surface area contributed by atoms with Crippen LogP contribution in [0.4, 0.5) is 0 Å². The number of aliphatic hydroxyl groups is 1. The highest BCUT2D eigenvalue weighted by Crippen LogP contribution is 2.35. The molecule has 2 unspecified atom stereocenters. The van der Waals surface area contributed by atoms with Gasteiger partial charge in [-0.2, -0.15) is 0 Å². The molecule has 2 saturated heterocycles. The van der Waals surface area contributed by atoms with Crippen molar-refractivity contribution >= 4 is 0 Å². The fourth-order valence-electron chi connectivity index (χ4n) is 3.85. The molecule has 2 atom stereocenters. The molecule has 2 heterocycles. The quantitative estimate of drug-likeness (QED) is 0.786. The lowest BCUT2D eigenvalue weighted by Gasteiger charge is -2.37. The van der Waals surface area contributed by atoms with Crippen molar-refractivity contribution in [2.24, 2.45) is 5.73 Å². The molecule has 21 heavy (non-hydrogen) atoms. The first kappa shape index (κ1) is 14.8. The molecule has 0 aromatic heterocycles. The van der Waals surface area contributed by atoms with E-state index in [-0.39, 0.29) is 6.10 Å². The predicted octanol–water partition coefficient (Wildman–Crippen LogP) is 1.90. The lowest BCUT2D eigenvalue weighted by molar-refractivity contribution is 0.0331. The van der Waals surface area contributed by atoms with Crippen LogP contribution in [-0.2, 0) is 6.54 Å². The second-order valence-corrected chi connectivity index (χ2v) is 6.26. The second kappa shape index (κ2) is 6.77. The van der Waals surface area contributed by atoms with E-state index in [4.69, 9.17) is 10.5 Å². The van der Waals surface area contributed by atoms with E-state index in [0.717, 1.165) is 43.7 Å². The molecule has 4 heteroatoms. The summed E-state index contributed by atoms with van der Waals surface area (Å²) in [4.78, 5) is 2.59. The summed E-state index contributed by atoms with van der Waals surface area (Å²) in [5.74, 6) is 0.914. The summed E-state index contributed by atoms with van der Waals surface area (Å²) in [7, 11) is 0. The first-order chi connectivity index (χ1) is 10.3. The Hall–Kier alpha value is -1.10. The molecule has 2 aliphatic heterocycles. The van der Waals surface area contributed by atoms with Crippen LogP contribution in [0.25, 0.3) is 0 Å². The van der Waals surface area contributed by atoms with Crippen LogP contribution >= 0.6 is 0 Å². The molecule has 3 rings (SSSR count). The van der Waals surface area contributed by atoms with E-state index in [1.807, 2.05) is 24.3 Å². The first-order valence-corrected chi connectivity index (χ1v) is 8.12. The SMILES string of the molecule is NCc1ccccc1OCCCN1C2CCC1CC(O)C2. The zero-order valence-corrected chi connectivity index (χ0v) is 12.6. The highest BCUT2D eigenvalue weighted by Gasteiger charge is 2.39. The van der Waals surface area contributed by atoms with Gasteiger partial charge in [0, 0.05) is 30.7 Å². The van der Waals surface area contributed by atoms with Gasteiger partial charge in [-0.05, 0) is 38.2 Å². The summed E-state index contributed by atoms with van der Waals surface area (Å²) in [5.41, 5.74) is 6.79. The lowest BCUT2D eigenvalue weighted by Crippen LogP contribution is -2.45. The summed E-state index contributed by atoms with van der Waals surface area (Å²) >= 11 is 0. The molecule has 0 amide bonds. The van der Waals surface area contributed by atoms with Gasteiger partial charge in [0.2, 0.25) is 0 Å². The van der Waals surface area contributed by atoms with Gasteiger partial charge in [0.15, 0.2) is 0 Å². The number of nitrogens with two attached hydrogens (primary N) is 1. The smallest absolute Gasteiger partial charge is 0.123 e. The van der Waals surface area contributed by atoms with Crippen molar-refractivity contribution in [2.45, 2.75) is 56.8 Å². The van der Waals surface area contributed by atoms with E-state index in [2.05, 4.69) is 4.90 Å². The van der Waals surface area contributed by atoms with Crippen LogP contribution in [0.15, 0.2) is 24.3 Å². The van der Waals surface area contributed by atoms with Crippen LogP contribution in [0.3, 0.4) is 0 Å². The molecule has 0 aliphatic carbocycles. The van der Waals surface area contributed by atoms with Gasteiger partial charge >= 0.3 is 0 Å². The number of hydrogen-bond donors (Lipinski definition) is 2. The lowest BCUT2D eigenvalue weighted by atomic mass is 10.00. The van der Waals surface area contributed by atoms with Gasteiger partial charge in [0.05, 0.1) is 12.7 Å². The first-order valence-electron chi connectivity index (χ1n) is 8.12. The van der Waals surface area contributed by atoms with Crippen LogP contribution < -0.4 is 10.5 Å². The fourth-order valence-corrected chi connectivity index (χ4v) is 3.85. The topological polar surface area (TPSA) is 58.7 Å². The van der Waals surface area contributed by atoms with Gasteiger partial charge in [-0.15, -0.1) is 0 Å². The molecule has 2 bridgehead atoms. The monoisotopic (exact) mass is 290 g/mol. The minimum atomic E-state index is -0.0774. The van der Waals surface area contributed by atoms with Gasteiger partial charge in [-0.3, -0.25) is 4.90 Å². The predicted molar refractivity (Wildman–Crippen MR) is 83.2 cm³/mol. The van der Waals surface area contributed by atoms with Crippen molar-refractivity contribution in [3.8, 4) is 5.75 Å². The third-order valence-electron chi connectivity index (χ3n) is 4.87. The van der Waals surface area contributed by atoms with E-state index in [9.17, 15) is 5.11 Å². The summed E-state index contributed by atoms with van der Waals surface area (Å²) in [6.45, 7) is 2.33. The zero-order chi connectivity index (χ0) is 14.7. The Labute approximate surface area is 126 Å². The Morgan fingerprint density at radius 1 is 1.19 bits per heavy atom. The molecule has 0 radical (unpaired) electrons. The maximum absolute atomic E-state index is 9.82. The average molecular weight is 290 g/mol. The summed E-state index contributed by atoms with van der Waals surface area (Å²) in [5, 5.41) is 9.82. The van der Waals surface area contributed by atoms with Crippen LogP contribution in [0, 0.1) is 0 Å². The molecule has 3 N–H and O–H groups in total. The van der Waals surface area contributed by atoms with Crippen molar-refractivity contribution in [3.63, 3.8) is 0 Å².